The van der Waals surface area contributed by atoms with Crippen molar-refractivity contribution in [3.05, 3.63) is 41.1 Å². The summed E-state index contributed by atoms with van der Waals surface area (Å²) in [5, 5.41) is 16.2. The highest BCUT2D eigenvalue weighted by Gasteiger charge is 2.18. The Kier molecular flexibility index (Phi) is 4.30. The number of anilines is 1. The number of nitrogens with zero attached hydrogens (tertiary/aromatic N) is 4. The molecule has 0 fully saturated rings. The van der Waals surface area contributed by atoms with Crippen molar-refractivity contribution >= 4 is 22.4 Å². The van der Waals surface area contributed by atoms with Crippen LogP contribution in [0.25, 0.3) is 10.6 Å². The second-order valence-corrected chi connectivity index (χ2v) is 6.45. The van der Waals surface area contributed by atoms with Gasteiger partial charge >= 0.3 is 0 Å². The zero-order valence-corrected chi connectivity index (χ0v) is 14.6. The average molecular weight is 343 g/mol. The molecule has 2 aromatic heterocycles. The molecule has 8 heteroatoms. The Balaban J connectivity index is 1.82. The van der Waals surface area contributed by atoms with Crippen LogP contribution >= 0.6 is 11.3 Å². The third-order valence-corrected chi connectivity index (χ3v) is 4.23. The van der Waals surface area contributed by atoms with E-state index in [0.717, 1.165) is 21.7 Å². The van der Waals surface area contributed by atoms with E-state index in [4.69, 9.17) is 4.74 Å². The van der Waals surface area contributed by atoms with E-state index in [2.05, 4.69) is 26.7 Å². The number of amides is 1. The molecule has 0 aliphatic heterocycles. The number of methoxy groups -OCH3 is 1. The van der Waals surface area contributed by atoms with E-state index in [1.165, 1.54) is 23.1 Å². The number of rotatable bonds is 4. The van der Waals surface area contributed by atoms with Gasteiger partial charge in [-0.1, -0.05) is 28.5 Å². The zero-order chi connectivity index (χ0) is 17.3. The molecule has 1 amide bonds. The van der Waals surface area contributed by atoms with Crippen LogP contribution in [0.5, 0.6) is 5.88 Å². The summed E-state index contributed by atoms with van der Waals surface area (Å²) >= 11 is 1.32. The monoisotopic (exact) mass is 343 g/mol. The first-order valence-corrected chi connectivity index (χ1v) is 8.09. The van der Waals surface area contributed by atoms with Crippen LogP contribution in [0.4, 0.5) is 5.13 Å². The Morgan fingerprint density at radius 1 is 1.21 bits per heavy atom. The predicted molar refractivity (Wildman–Crippen MR) is 92.5 cm³/mol. The van der Waals surface area contributed by atoms with Crippen molar-refractivity contribution in [3.8, 4) is 16.5 Å². The fourth-order valence-electron chi connectivity index (χ4n) is 2.43. The van der Waals surface area contributed by atoms with Crippen LogP contribution in [-0.2, 0) is 7.05 Å². The van der Waals surface area contributed by atoms with E-state index in [-0.39, 0.29) is 11.8 Å². The highest BCUT2D eigenvalue weighted by atomic mass is 32.1. The average Bonchev–Trinajstić information content (AvgIpc) is 3.12. The van der Waals surface area contributed by atoms with E-state index in [0.29, 0.717) is 10.7 Å². The maximum Gasteiger partial charge on any atom is 0.264 e. The zero-order valence-electron chi connectivity index (χ0n) is 13.8. The summed E-state index contributed by atoms with van der Waals surface area (Å²) in [7, 11) is 3.20. The minimum Gasteiger partial charge on any atom is -0.479 e. The van der Waals surface area contributed by atoms with Crippen LogP contribution in [0.15, 0.2) is 24.4 Å². The van der Waals surface area contributed by atoms with Crippen molar-refractivity contribution in [2.45, 2.75) is 13.8 Å². The lowest BCUT2D eigenvalue weighted by Crippen LogP contribution is -2.12. The Morgan fingerprint density at radius 3 is 2.58 bits per heavy atom. The van der Waals surface area contributed by atoms with Gasteiger partial charge in [-0.05, 0) is 26.0 Å². The van der Waals surface area contributed by atoms with Gasteiger partial charge in [-0.2, -0.15) is 0 Å². The third kappa shape index (κ3) is 3.28. The van der Waals surface area contributed by atoms with Gasteiger partial charge in [0.1, 0.15) is 10.6 Å². The van der Waals surface area contributed by atoms with Gasteiger partial charge in [0.05, 0.1) is 7.11 Å². The fraction of sp³-hybridized carbons (Fsp3) is 0.250. The molecule has 1 N–H and O–H groups in total. The fourth-order valence-corrected chi connectivity index (χ4v) is 3.15. The van der Waals surface area contributed by atoms with Crippen LogP contribution in [0, 0.1) is 13.8 Å². The van der Waals surface area contributed by atoms with Crippen molar-refractivity contribution in [3.63, 3.8) is 0 Å². The van der Waals surface area contributed by atoms with Gasteiger partial charge in [-0.15, -0.1) is 15.3 Å². The quantitative estimate of drug-likeness (QED) is 0.788. The summed E-state index contributed by atoms with van der Waals surface area (Å²) in [5.74, 6) is -0.0582. The predicted octanol–water partition coefficient (Wildman–Crippen LogP) is 2.82. The number of carbonyl (C=O) groups is 1. The highest BCUT2D eigenvalue weighted by Crippen LogP contribution is 2.28. The van der Waals surface area contributed by atoms with Crippen molar-refractivity contribution in [1.82, 2.24) is 20.0 Å². The first kappa shape index (κ1) is 16.1. The third-order valence-electron chi connectivity index (χ3n) is 3.35. The number of hydrogen-bond donors (Lipinski definition) is 1. The number of aryl methyl sites for hydroxylation is 3. The number of aromatic nitrogens is 4. The molecule has 0 saturated carbocycles. The number of carbonyl (C=O) groups excluding carboxylic acids is 1. The van der Waals surface area contributed by atoms with Crippen molar-refractivity contribution in [2.24, 2.45) is 7.05 Å². The standard InChI is InChI=1S/C16H17N5O2S/c1-9-5-10(2)7-11(6-9)15-18-19-16(24-15)17-13(22)12-8-21(3)20-14(12)23-4/h5-8H,1-4H3,(H,17,19,22). The smallest absolute Gasteiger partial charge is 0.264 e. The van der Waals surface area contributed by atoms with Crippen molar-refractivity contribution in [1.29, 1.82) is 0 Å². The lowest BCUT2D eigenvalue weighted by Gasteiger charge is -2.01. The van der Waals surface area contributed by atoms with E-state index < -0.39 is 0 Å². The molecule has 3 aromatic rings. The van der Waals surface area contributed by atoms with Crippen LogP contribution in [0.3, 0.4) is 0 Å². The topological polar surface area (TPSA) is 81.9 Å². The van der Waals surface area contributed by atoms with Crippen LogP contribution in [-0.4, -0.2) is 33.0 Å². The molecule has 0 aliphatic rings. The first-order valence-electron chi connectivity index (χ1n) is 7.27. The number of nitrogens with one attached hydrogen (secondary N) is 1. The van der Waals surface area contributed by atoms with Gasteiger partial charge in [-0.3, -0.25) is 14.8 Å². The SMILES string of the molecule is COc1nn(C)cc1C(=O)Nc1nnc(-c2cc(C)cc(C)c2)s1. The van der Waals surface area contributed by atoms with Gasteiger partial charge in [-0.25, -0.2) is 0 Å². The lowest BCUT2D eigenvalue weighted by atomic mass is 10.1. The van der Waals surface area contributed by atoms with Gasteiger partial charge in [0.2, 0.25) is 11.0 Å². The lowest BCUT2D eigenvalue weighted by molar-refractivity contribution is 0.102. The Labute approximate surface area is 143 Å². The molecule has 0 spiro atoms. The van der Waals surface area contributed by atoms with Gasteiger partial charge < -0.3 is 4.74 Å². The van der Waals surface area contributed by atoms with Gasteiger partial charge in [0.25, 0.3) is 5.91 Å². The summed E-state index contributed by atoms with van der Waals surface area (Å²) in [6, 6.07) is 6.19. The second-order valence-electron chi connectivity index (χ2n) is 5.47. The molecule has 1 aromatic carbocycles. The van der Waals surface area contributed by atoms with Crippen LogP contribution < -0.4 is 10.1 Å². The van der Waals surface area contributed by atoms with E-state index in [9.17, 15) is 4.79 Å². The first-order chi connectivity index (χ1) is 11.5. The molecule has 24 heavy (non-hydrogen) atoms. The van der Waals surface area contributed by atoms with E-state index in [1.54, 1.807) is 13.2 Å². The maximum atomic E-state index is 12.4. The molecule has 2 heterocycles. The normalized spacial score (nSPS) is 10.7. The molecule has 124 valence electrons. The van der Waals surface area contributed by atoms with E-state index in [1.807, 2.05) is 26.0 Å². The van der Waals surface area contributed by atoms with Gasteiger partial charge in [0.15, 0.2) is 0 Å². The Hall–Kier alpha value is -2.74. The minimum absolute atomic E-state index is 0.272. The summed E-state index contributed by atoms with van der Waals surface area (Å²) < 4.78 is 6.62. The second kappa shape index (κ2) is 6.40. The summed E-state index contributed by atoms with van der Waals surface area (Å²) in [6.45, 7) is 4.07. The maximum absolute atomic E-state index is 12.4. The largest absolute Gasteiger partial charge is 0.479 e. The van der Waals surface area contributed by atoms with Crippen LogP contribution in [0.1, 0.15) is 21.5 Å². The molecular weight excluding hydrogens is 326 g/mol. The summed E-state index contributed by atoms with van der Waals surface area (Å²) in [6.07, 6.45) is 1.60. The molecular formula is C16H17N5O2S. The highest BCUT2D eigenvalue weighted by molar-refractivity contribution is 7.18. The number of ether oxygens (including phenoxy) is 1. The number of hydrogen-bond acceptors (Lipinski definition) is 6. The Bertz CT molecular complexity index is 880. The van der Waals surface area contributed by atoms with Crippen molar-refractivity contribution in [2.75, 3.05) is 12.4 Å². The minimum atomic E-state index is -0.330. The molecule has 7 nitrogen and oxygen atoms in total. The molecule has 0 saturated heterocycles. The summed E-state index contributed by atoms with van der Waals surface area (Å²) in [4.78, 5) is 12.4. The molecule has 3 rings (SSSR count). The summed E-state index contributed by atoms with van der Waals surface area (Å²) in [5.41, 5.74) is 3.66. The molecule has 0 atom stereocenters. The molecule has 0 radical (unpaired) electrons. The number of benzene rings is 1. The Morgan fingerprint density at radius 2 is 1.92 bits per heavy atom. The molecule has 0 bridgehead atoms. The van der Waals surface area contributed by atoms with Gasteiger partial charge in [0, 0.05) is 18.8 Å². The molecule has 0 unspecified atom stereocenters. The van der Waals surface area contributed by atoms with Crippen LogP contribution in [0.2, 0.25) is 0 Å². The van der Waals surface area contributed by atoms with Crippen molar-refractivity contribution < 1.29 is 9.53 Å². The van der Waals surface area contributed by atoms with E-state index >= 15 is 0 Å². The molecule has 0 aliphatic carbocycles.